The second-order valence-corrected chi connectivity index (χ2v) is 8.76. The van der Waals surface area contributed by atoms with Gasteiger partial charge in [0.25, 0.3) is 5.56 Å². The number of amides is 1. The first-order valence-corrected chi connectivity index (χ1v) is 10.8. The molecule has 0 spiro atoms. The summed E-state index contributed by atoms with van der Waals surface area (Å²) in [6.45, 7) is 2.69. The van der Waals surface area contributed by atoms with Gasteiger partial charge in [0, 0.05) is 24.3 Å². The van der Waals surface area contributed by atoms with Gasteiger partial charge in [-0.25, -0.2) is 4.98 Å². The standard InChI is InChI=1S/C22H25N3O3S/c1-13-6-7-16-17(10-13)29-22-20(16)21(27)24-18(25-22)8-9-19(26)23-12-14-4-3-5-15(11-14)28-2/h3-5,11,13H,6-10,12H2,1-2H3,(H,23,26)(H,24,25,27)/t13-/m0/s1. The number of aryl methyl sites for hydroxylation is 2. The van der Waals surface area contributed by atoms with E-state index in [4.69, 9.17) is 4.74 Å². The number of fused-ring (bicyclic) bond motifs is 3. The number of benzene rings is 1. The van der Waals surface area contributed by atoms with Crippen molar-refractivity contribution in [2.24, 2.45) is 5.92 Å². The topological polar surface area (TPSA) is 84.1 Å². The average molecular weight is 412 g/mol. The molecule has 1 aliphatic rings. The number of nitrogens with one attached hydrogen (secondary N) is 2. The molecule has 2 N–H and O–H groups in total. The lowest BCUT2D eigenvalue weighted by Gasteiger charge is -2.17. The monoisotopic (exact) mass is 411 g/mol. The molecule has 0 saturated carbocycles. The molecule has 6 nitrogen and oxygen atoms in total. The molecule has 1 aliphatic carbocycles. The van der Waals surface area contributed by atoms with Gasteiger partial charge < -0.3 is 15.0 Å². The van der Waals surface area contributed by atoms with Crippen LogP contribution in [0.4, 0.5) is 0 Å². The molecule has 1 aromatic carbocycles. The highest BCUT2D eigenvalue weighted by Gasteiger charge is 2.23. The summed E-state index contributed by atoms with van der Waals surface area (Å²) in [5.74, 6) is 1.92. The summed E-state index contributed by atoms with van der Waals surface area (Å²) in [5, 5.41) is 3.66. The Labute approximate surface area is 173 Å². The van der Waals surface area contributed by atoms with Crippen LogP contribution in [0.2, 0.25) is 0 Å². The van der Waals surface area contributed by atoms with Gasteiger partial charge >= 0.3 is 0 Å². The van der Waals surface area contributed by atoms with Gasteiger partial charge in [-0.2, -0.15) is 0 Å². The third-order valence-corrected chi connectivity index (χ3v) is 6.58. The van der Waals surface area contributed by atoms with Crippen molar-refractivity contribution in [3.63, 3.8) is 0 Å². The predicted octanol–water partition coefficient (Wildman–Crippen LogP) is 3.37. The second-order valence-electron chi connectivity index (χ2n) is 7.67. The third kappa shape index (κ3) is 4.34. The van der Waals surface area contributed by atoms with Crippen molar-refractivity contribution in [1.29, 1.82) is 0 Å². The normalized spacial score (nSPS) is 15.9. The van der Waals surface area contributed by atoms with Gasteiger partial charge in [-0.1, -0.05) is 19.1 Å². The minimum Gasteiger partial charge on any atom is -0.497 e. The largest absolute Gasteiger partial charge is 0.497 e. The fourth-order valence-electron chi connectivity index (χ4n) is 3.82. The molecule has 0 fully saturated rings. The third-order valence-electron chi connectivity index (χ3n) is 5.43. The van der Waals surface area contributed by atoms with Crippen LogP contribution < -0.4 is 15.6 Å². The highest BCUT2D eigenvalue weighted by Crippen LogP contribution is 2.35. The number of rotatable bonds is 6. The minimum atomic E-state index is -0.0751. The number of aromatic nitrogens is 2. The molecule has 0 saturated heterocycles. The molecule has 0 bridgehead atoms. The Balaban J connectivity index is 1.40. The molecule has 4 rings (SSSR count). The Bertz CT molecular complexity index is 1100. The van der Waals surface area contributed by atoms with E-state index >= 15 is 0 Å². The van der Waals surface area contributed by atoms with Crippen LogP contribution in [0.25, 0.3) is 10.2 Å². The molecule has 2 aromatic heterocycles. The highest BCUT2D eigenvalue weighted by atomic mass is 32.1. The summed E-state index contributed by atoms with van der Waals surface area (Å²) in [5.41, 5.74) is 2.08. The fourth-order valence-corrected chi connectivity index (χ4v) is 5.22. The van der Waals surface area contributed by atoms with E-state index in [1.807, 2.05) is 24.3 Å². The first kappa shape index (κ1) is 19.6. The highest BCUT2D eigenvalue weighted by molar-refractivity contribution is 7.18. The lowest BCUT2D eigenvalue weighted by atomic mass is 9.89. The fraction of sp³-hybridized carbons (Fsp3) is 0.409. The number of ether oxygens (including phenoxy) is 1. The van der Waals surface area contributed by atoms with E-state index in [1.165, 1.54) is 10.4 Å². The number of thiophene rings is 1. The van der Waals surface area contributed by atoms with Gasteiger partial charge in [-0.15, -0.1) is 11.3 Å². The smallest absolute Gasteiger partial charge is 0.259 e. The predicted molar refractivity (Wildman–Crippen MR) is 115 cm³/mol. The van der Waals surface area contributed by atoms with Gasteiger partial charge in [0.1, 0.15) is 16.4 Å². The number of hydrogen-bond donors (Lipinski definition) is 2. The number of H-pyrrole nitrogens is 1. The van der Waals surface area contributed by atoms with Crippen LogP contribution in [-0.2, 0) is 30.6 Å². The summed E-state index contributed by atoms with van der Waals surface area (Å²) < 4.78 is 5.20. The quantitative estimate of drug-likeness (QED) is 0.651. The SMILES string of the molecule is COc1cccc(CNC(=O)CCc2nc3sc4c(c3c(=O)[nH]2)CC[C@H](C)C4)c1. The van der Waals surface area contributed by atoms with Crippen molar-refractivity contribution in [3.8, 4) is 5.75 Å². The lowest BCUT2D eigenvalue weighted by Crippen LogP contribution is -2.23. The van der Waals surface area contributed by atoms with Crippen molar-refractivity contribution in [3.05, 3.63) is 56.4 Å². The van der Waals surface area contributed by atoms with Crippen molar-refractivity contribution >= 4 is 27.5 Å². The molecular weight excluding hydrogens is 386 g/mol. The molecule has 29 heavy (non-hydrogen) atoms. The van der Waals surface area contributed by atoms with E-state index in [0.29, 0.717) is 24.7 Å². The summed E-state index contributed by atoms with van der Waals surface area (Å²) in [7, 11) is 1.62. The zero-order valence-electron chi connectivity index (χ0n) is 16.7. The van der Waals surface area contributed by atoms with Crippen LogP contribution in [-0.4, -0.2) is 23.0 Å². The zero-order chi connectivity index (χ0) is 20.4. The number of carbonyl (C=O) groups is 1. The summed E-state index contributed by atoms with van der Waals surface area (Å²) in [6.07, 6.45) is 3.78. The Morgan fingerprint density at radius 3 is 3.10 bits per heavy atom. The maximum Gasteiger partial charge on any atom is 0.259 e. The molecular formula is C22H25N3O3S. The Morgan fingerprint density at radius 2 is 2.28 bits per heavy atom. The number of carbonyl (C=O) groups excluding carboxylic acids is 1. The van der Waals surface area contributed by atoms with Gasteiger partial charge in [0.05, 0.1) is 12.5 Å². The van der Waals surface area contributed by atoms with E-state index in [9.17, 15) is 9.59 Å². The number of hydrogen-bond acceptors (Lipinski definition) is 5. The van der Waals surface area contributed by atoms with Crippen molar-refractivity contribution in [2.75, 3.05) is 7.11 Å². The summed E-state index contributed by atoms with van der Waals surface area (Å²) >= 11 is 1.63. The molecule has 152 valence electrons. The molecule has 0 radical (unpaired) electrons. The van der Waals surface area contributed by atoms with Gasteiger partial charge in [-0.05, 0) is 48.4 Å². The first-order valence-electron chi connectivity index (χ1n) is 9.96. The van der Waals surface area contributed by atoms with Crippen molar-refractivity contribution < 1.29 is 9.53 Å². The van der Waals surface area contributed by atoms with Gasteiger partial charge in [-0.3, -0.25) is 9.59 Å². The average Bonchev–Trinajstić information content (AvgIpc) is 3.08. The molecule has 3 aromatic rings. The zero-order valence-corrected chi connectivity index (χ0v) is 17.5. The van der Waals surface area contributed by atoms with Crippen molar-refractivity contribution in [2.45, 2.75) is 45.6 Å². The number of nitrogens with zero attached hydrogens (tertiary/aromatic N) is 1. The maximum atomic E-state index is 12.6. The Kier molecular flexibility index (Phi) is 5.67. The Morgan fingerprint density at radius 1 is 1.41 bits per heavy atom. The van der Waals surface area contributed by atoms with E-state index in [2.05, 4.69) is 22.2 Å². The van der Waals surface area contributed by atoms with Gasteiger partial charge in [0.15, 0.2) is 0 Å². The maximum absolute atomic E-state index is 12.6. The number of methoxy groups -OCH3 is 1. The molecule has 2 heterocycles. The van der Waals surface area contributed by atoms with E-state index in [1.54, 1.807) is 18.4 Å². The van der Waals surface area contributed by atoms with Crippen LogP contribution in [0, 0.1) is 5.92 Å². The molecule has 1 atom stereocenters. The molecule has 1 amide bonds. The summed E-state index contributed by atoms with van der Waals surface area (Å²) in [4.78, 5) is 34.5. The van der Waals surface area contributed by atoms with Crippen LogP contribution in [0.15, 0.2) is 29.1 Å². The van der Waals surface area contributed by atoms with Crippen LogP contribution >= 0.6 is 11.3 Å². The minimum absolute atomic E-state index is 0.0742. The van der Waals surface area contributed by atoms with Crippen LogP contribution in [0.3, 0.4) is 0 Å². The lowest BCUT2D eigenvalue weighted by molar-refractivity contribution is -0.121. The molecule has 7 heteroatoms. The van der Waals surface area contributed by atoms with E-state index in [-0.39, 0.29) is 17.9 Å². The van der Waals surface area contributed by atoms with E-state index in [0.717, 1.165) is 40.8 Å². The van der Waals surface area contributed by atoms with E-state index < -0.39 is 0 Å². The van der Waals surface area contributed by atoms with Crippen molar-refractivity contribution in [1.82, 2.24) is 15.3 Å². The second kappa shape index (κ2) is 8.37. The van der Waals surface area contributed by atoms with Crippen LogP contribution in [0.1, 0.15) is 41.6 Å². The molecule has 0 aliphatic heterocycles. The number of aromatic amines is 1. The summed E-state index contributed by atoms with van der Waals surface area (Å²) in [6, 6.07) is 7.60. The Hall–Kier alpha value is -2.67. The first-order chi connectivity index (χ1) is 14.0. The van der Waals surface area contributed by atoms with Crippen LogP contribution in [0.5, 0.6) is 5.75 Å². The van der Waals surface area contributed by atoms with Gasteiger partial charge in [0.2, 0.25) is 5.91 Å². The molecule has 0 unspecified atom stereocenters.